The summed E-state index contributed by atoms with van der Waals surface area (Å²) >= 11 is 0. The standard InChI is InChI=1S/C36H70N4O9/c1-3-5-7-9-11-13-14-15-16-18-20-22-24-29(42)31(43)28(27-48-35-34(46)33(45)32(44)30(26-41)49-35)40-36(47)39(37-38-40)25-23-21-19-17-12-10-8-6-4-2/h28-35,41-46H,3-27H2,1-2H3/t28-,29+,30?,31-,32?,33?,34?,35?/m0/s1. The van der Waals surface area contributed by atoms with Crippen LogP contribution in [-0.2, 0) is 16.0 Å². The topological polar surface area (TPSA) is 193 Å². The molecule has 13 heteroatoms. The molecule has 2 heterocycles. The Labute approximate surface area is 294 Å². The van der Waals surface area contributed by atoms with Crippen molar-refractivity contribution < 1.29 is 40.1 Å². The number of aliphatic hydroxyl groups excluding tert-OH is 6. The Morgan fingerprint density at radius 2 is 1.18 bits per heavy atom. The third-order valence-electron chi connectivity index (χ3n) is 9.87. The Balaban J connectivity index is 1.92. The van der Waals surface area contributed by atoms with Crippen molar-refractivity contribution in [2.75, 3.05) is 13.2 Å². The first-order valence-electron chi connectivity index (χ1n) is 19.6. The number of aromatic nitrogens is 4. The van der Waals surface area contributed by atoms with Gasteiger partial charge < -0.3 is 40.1 Å². The van der Waals surface area contributed by atoms with Gasteiger partial charge in [0, 0.05) is 6.54 Å². The lowest BCUT2D eigenvalue weighted by Crippen LogP contribution is -2.59. The van der Waals surface area contributed by atoms with Gasteiger partial charge >= 0.3 is 5.69 Å². The first-order chi connectivity index (χ1) is 23.8. The molecule has 0 aliphatic carbocycles. The summed E-state index contributed by atoms with van der Waals surface area (Å²) in [7, 11) is 0. The molecule has 0 aromatic carbocycles. The number of tetrazole rings is 1. The maximum absolute atomic E-state index is 13.4. The van der Waals surface area contributed by atoms with Gasteiger partial charge in [0.2, 0.25) is 0 Å². The number of unbranched alkanes of at least 4 members (excludes halogenated alkanes) is 19. The second kappa shape index (κ2) is 26.3. The second-order valence-corrected chi connectivity index (χ2v) is 14.1. The van der Waals surface area contributed by atoms with Gasteiger partial charge in [-0.3, -0.25) is 0 Å². The second-order valence-electron chi connectivity index (χ2n) is 14.1. The number of hydrogen-bond donors (Lipinski definition) is 6. The SMILES string of the molecule is CCCCCCCCCCCCCC[C@@H](O)[C@@H](O)[C@H](COC1OC(CO)C(O)C(O)C1O)n1nnn(CCCCCCCCCCC)c1=O. The largest absolute Gasteiger partial charge is 0.394 e. The van der Waals surface area contributed by atoms with Crippen molar-refractivity contribution >= 4 is 0 Å². The van der Waals surface area contributed by atoms with Crippen LogP contribution in [-0.4, -0.2) is 107 Å². The smallest absolute Gasteiger partial charge is 0.364 e. The number of aliphatic hydroxyl groups is 6. The van der Waals surface area contributed by atoms with Gasteiger partial charge in [0.1, 0.15) is 36.6 Å². The fraction of sp³-hybridized carbons (Fsp3) is 0.972. The number of nitrogens with zero attached hydrogens (tertiary/aromatic N) is 4. The molecule has 1 saturated heterocycles. The van der Waals surface area contributed by atoms with Crippen LogP contribution >= 0.6 is 0 Å². The minimum Gasteiger partial charge on any atom is -0.394 e. The van der Waals surface area contributed by atoms with Crippen molar-refractivity contribution in [3.05, 3.63) is 10.5 Å². The summed E-state index contributed by atoms with van der Waals surface area (Å²) < 4.78 is 13.4. The molecule has 1 aliphatic heterocycles. The van der Waals surface area contributed by atoms with E-state index in [1.807, 2.05) is 0 Å². The molecule has 288 valence electrons. The molecule has 8 atom stereocenters. The zero-order valence-corrected chi connectivity index (χ0v) is 30.5. The third kappa shape index (κ3) is 16.2. The van der Waals surface area contributed by atoms with Crippen LogP contribution in [0, 0.1) is 0 Å². The molecule has 0 amide bonds. The summed E-state index contributed by atoms with van der Waals surface area (Å²) in [5, 5.41) is 70.6. The quantitative estimate of drug-likeness (QED) is 0.0632. The van der Waals surface area contributed by atoms with E-state index in [9.17, 15) is 35.4 Å². The zero-order chi connectivity index (χ0) is 35.9. The number of rotatable bonds is 30. The fourth-order valence-electron chi connectivity index (χ4n) is 6.54. The van der Waals surface area contributed by atoms with E-state index in [1.54, 1.807) is 0 Å². The molecule has 1 aromatic rings. The van der Waals surface area contributed by atoms with Gasteiger partial charge in [0.25, 0.3) is 0 Å². The van der Waals surface area contributed by atoms with Gasteiger partial charge in [-0.2, -0.15) is 9.36 Å². The summed E-state index contributed by atoms with van der Waals surface area (Å²) in [6.45, 7) is 3.76. The first-order valence-corrected chi connectivity index (χ1v) is 19.6. The Morgan fingerprint density at radius 1 is 0.694 bits per heavy atom. The van der Waals surface area contributed by atoms with Gasteiger partial charge in [-0.05, 0) is 23.3 Å². The van der Waals surface area contributed by atoms with Gasteiger partial charge in [0.05, 0.1) is 19.3 Å². The number of ether oxygens (including phenoxy) is 2. The molecule has 6 N–H and O–H groups in total. The Bertz CT molecular complexity index is 994. The Morgan fingerprint density at radius 3 is 1.69 bits per heavy atom. The molecule has 2 rings (SSSR count). The number of aryl methyl sites for hydroxylation is 1. The molecule has 5 unspecified atom stereocenters. The van der Waals surface area contributed by atoms with Crippen molar-refractivity contribution in [3.8, 4) is 0 Å². The maximum Gasteiger partial charge on any atom is 0.364 e. The highest BCUT2D eigenvalue weighted by Crippen LogP contribution is 2.25. The first kappa shape index (κ1) is 43.7. The van der Waals surface area contributed by atoms with E-state index in [1.165, 1.54) is 88.2 Å². The lowest BCUT2D eigenvalue weighted by atomic mass is 9.98. The van der Waals surface area contributed by atoms with E-state index >= 15 is 0 Å². The molecule has 0 spiro atoms. The normalized spacial score (nSPS) is 23.1. The minimum absolute atomic E-state index is 0.316. The molecule has 0 saturated carbocycles. The van der Waals surface area contributed by atoms with E-state index < -0.39 is 67.9 Å². The van der Waals surface area contributed by atoms with Gasteiger partial charge in [0.15, 0.2) is 6.29 Å². The minimum atomic E-state index is -1.65. The van der Waals surface area contributed by atoms with Crippen LogP contribution in [0.5, 0.6) is 0 Å². The highest BCUT2D eigenvalue weighted by molar-refractivity contribution is 4.89. The highest BCUT2D eigenvalue weighted by Gasteiger charge is 2.45. The summed E-state index contributed by atoms with van der Waals surface area (Å²) in [5.41, 5.74) is -0.557. The average molecular weight is 703 g/mol. The van der Waals surface area contributed by atoms with Crippen LogP contribution in [0.2, 0.25) is 0 Å². The van der Waals surface area contributed by atoms with Crippen molar-refractivity contribution in [2.45, 2.75) is 211 Å². The fourth-order valence-corrected chi connectivity index (χ4v) is 6.54. The van der Waals surface area contributed by atoms with Crippen molar-refractivity contribution in [1.82, 2.24) is 19.8 Å². The van der Waals surface area contributed by atoms with Gasteiger partial charge in [-0.1, -0.05) is 142 Å². The summed E-state index contributed by atoms with van der Waals surface area (Å²) in [5.74, 6) is 0. The van der Waals surface area contributed by atoms with E-state index in [0.717, 1.165) is 49.6 Å². The molecule has 13 nitrogen and oxygen atoms in total. The van der Waals surface area contributed by atoms with Crippen LogP contribution in [0.25, 0.3) is 0 Å². The Kier molecular flexibility index (Phi) is 23.5. The molecule has 0 radical (unpaired) electrons. The molecule has 1 fully saturated rings. The van der Waals surface area contributed by atoms with Crippen molar-refractivity contribution in [3.63, 3.8) is 0 Å². The molecule has 49 heavy (non-hydrogen) atoms. The van der Waals surface area contributed by atoms with Crippen LogP contribution < -0.4 is 5.69 Å². The molecule has 0 bridgehead atoms. The maximum atomic E-state index is 13.4. The van der Waals surface area contributed by atoms with Gasteiger partial charge in [-0.15, -0.1) is 0 Å². The Hall–Kier alpha value is -1.45. The van der Waals surface area contributed by atoms with E-state index in [4.69, 9.17) is 9.47 Å². The predicted octanol–water partition coefficient (Wildman–Crippen LogP) is 4.14. The molecule has 1 aliphatic rings. The third-order valence-corrected chi connectivity index (χ3v) is 9.87. The molecular formula is C36H70N4O9. The van der Waals surface area contributed by atoms with Gasteiger partial charge in [-0.25, -0.2) is 4.79 Å². The summed E-state index contributed by atoms with van der Waals surface area (Å²) in [6.07, 6.45) is 14.5. The van der Waals surface area contributed by atoms with Crippen molar-refractivity contribution in [1.29, 1.82) is 0 Å². The van der Waals surface area contributed by atoms with Crippen LogP contribution in [0.15, 0.2) is 4.79 Å². The van der Waals surface area contributed by atoms with Crippen LogP contribution in [0.4, 0.5) is 0 Å². The molecule has 1 aromatic heterocycles. The highest BCUT2D eigenvalue weighted by atomic mass is 16.7. The lowest BCUT2D eigenvalue weighted by molar-refractivity contribution is -0.304. The van der Waals surface area contributed by atoms with Crippen LogP contribution in [0.1, 0.15) is 161 Å². The lowest BCUT2D eigenvalue weighted by Gasteiger charge is -2.40. The average Bonchev–Trinajstić information content (AvgIpc) is 3.46. The predicted molar refractivity (Wildman–Crippen MR) is 188 cm³/mol. The molecular weight excluding hydrogens is 632 g/mol. The van der Waals surface area contributed by atoms with E-state index in [0.29, 0.717) is 19.4 Å². The van der Waals surface area contributed by atoms with E-state index in [-0.39, 0.29) is 0 Å². The summed E-state index contributed by atoms with van der Waals surface area (Å²) in [6, 6.07) is -1.18. The zero-order valence-electron chi connectivity index (χ0n) is 30.5. The van der Waals surface area contributed by atoms with E-state index in [2.05, 4.69) is 24.3 Å². The van der Waals surface area contributed by atoms with Crippen LogP contribution in [0.3, 0.4) is 0 Å². The van der Waals surface area contributed by atoms with Crippen molar-refractivity contribution in [2.24, 2.45) is 0 Å². The summed E-state index contributed by atoms with van der Waals surface area (Å²) in [4.78, 5) is 13.4. The monoisotopic (exact) mass is 703 g/mol. The number of hydrogen-bond acceptors (Lipinski definition) is 11.